The highest BCUT2D eigenvalue weighted by Crippen LogP contribution is 2.36. The number of hydrogen-bond donors (Lipinski definition) is 1. The Morgan fingerprint density at radius 2 is 1.60 bits per heavy atom. The van der Waals surface area contributed by atoms with E-state index in [9.17, 15) is 4.79 Å². The number of allylic oxidation sites excluding steroid dienone is 2. The first kappa shape index (κ1) is 26.4. The van der Waals surface area contributed by atoms with Crippen LogP contribution in [0, 0.1) is 13.8 Å². The smallest absolute Gasteiger partial charge is 0.321 e. The number of amides is 2. The minimum absolute atomic E-state index is 0.00588. The van der Waals surface area contributed by atoms with Gasteiger partial charge in [-0.25, -0.2) is 4.79 Å². The molecule has 3 aliphatic rings. The number of aliphatic imine (C=N–C) groups is 1. The Morgan fingerprint density at radius 3 is 2.30 bits per heavy atom. The third-order valence-electron chi connectivity index (χ3n) is 8.08. The van der Waals surface area contributed by atoms with Gasteiger partial charge in [-0.2, -0.15) is 0 Å². The van der Waals surface area contributed by atoms with Crippen LogP contribution in [0.15, 0.2) is 96.1 Å². The molecule has 7 heteroatoms. The van der Waals surface area contributed by atoms with Gasteiger partial charge in [0, 0.05) is 49.6 Å². The molecule has 3 aromatic rings. The molecule has 2 amide bonds. The lowest BCUT2D eigenvalue weighted by Gasteiger charge is -2.39. The Bertz CT molecular complexity index is 1450. The number of aryl methyl sites for hydroxylation is 2. The quantitative estimate of drug-likeness (QED) is 0.391. The van der Waals surface area contributed by atoms with Crippen LogP contribution in [0.25, 0.3) is 5.57 Å². The first-order valence-electron chi connectivity index (χ1n) is 13.9. The van der Waals surface area contributed by atoms with E-state index in [1.807, 2.05) is 55.1 Å². The van der Waals surface area contributed by atoms with Crippen LogP contribution in [-0.4, -0.2) is 65.3 Å². The van der Waals surface area contributed by atoms with Crippen LogP contribution in [0.5, 0.6) is 0 Å². The second-order valence-electron chi connectivity index (χ2n) is 10.7. The van der Waals surface area contributed by atoms with E-state index < -0.39 is 0 Å². The van der Waals surface area contributed by atoms with E-state index in [2.05, 4.69) is 69.9 Å². The third-order valence-corrected chi connectivity index (χ3v) is 8.34. The van der Waals surface area contributed by atoms with Crippen molar-refractivity contribution in [2.75, 3.05) is 38.0 Å². The van der Waals surface area contributed by atoms with E-state index in [1.54, 1.807) is 0 Å². The number of nitrogens with zero attached hydrogens (tertiary/aromatic N) is 4. The Morgan fingerprint density at radius 1 is 0.900 bits per heavy atom. The molecule has 3 aromatic carbocycles. The van der Waals surface area contributed by atoms with Gasteiger partial charge in [0.25, 0.3) is 0 Å². The molecule has 2 unspecified atom stereocenters. The number of anilines is 1. The summed E-state index contributed by atoms with van der Waals surface area (Å²) in [6.07, 6.45) is 6.52. The number of carbonyl (C=O) groups is 1. The summed E-state index contributed by atoms with van der Waals surface area (Å²) in [4.78, 5) is 25.0. The molecule has 0 spiro atoms. The van der Waals surface area contributed by atoms with Gasteiger partial charge in [-0.3, -0.25) is 9.89 Å². The van der Waals surface area contributed by atoms with Crippen molar-refractivity contribution in [1.82, 2.24) is 14.7 Å². The summed E-state index contributed by atoms with van der Waals surface area (Å²) in [5.41, 5.74) is 6.59. The van der Waals surface area contributed by atoms with Crippen LogP contribution in [0.3, 0.4) is 0 Å². The summed E-state index contributed by atoms with van der Waals surface area (Å²) in [5, 5.41) is 3.87. The number of halogens is 1. The minimum Gasteiger partial charge on any atom is -0.326 e. The van der Waals surface area contributed by atoms with Crippen molar-refractivity contribution in [3.63, 3.8) is 0 Å². The second kappa shape index (κ2) is 11.3. The lowest BCUT2D eigenvalue weighted by Crippen LogP contribution is -2.53. The molecule has 3 heterocycles. The van der Waals surface area contributed by atoms with Crippen LogP contribution >= 0.6 is 11.6 Å². The maximum atomic E-state index is 13.1. The number of amidine groups is 1. The van der Waals surface area contributed by atoms with Crippen molar-refractivity contribution in [2.24, 2.45) is 4.99 Å². The Labute approximate surface area is 241 Å². The lowest BCUT2D eigenvalue weighted by atomic mass is 9.98. The number of fused-ring (bicyclic) bond motifs is 1. The van der Waals surface area contributed by atoms with E-state index in [4.69, 9.17) is 16.6 Å². The number of urea groups is 1. The van der Waals surface area contributed by atoms with Crippen LogP contribution in [-0.2, 0) is 0 Å². The number of benzene rings is 3. The van der Waals surface area contributed by atoms with E-state index in [1.165, 1.54) is 11.1 Å². The number of piperazine rings is 1. The van der Waals surface area contributed by atoms with Gasteiger partial charge in [0.2, 0.25) is 0 Å². The number of nitrogens with one attached hydrogen (secondary N) is 1. The molecule has 0 bridgehead atoms. The average Bonchev–Trinajstić information content (AvgIpc) is 3.33. The van der Waals surface area contributed by atoms with Gasteiger partial charge in [-0.15, -0.1) is 0 Å². The van der Waals surface area contributed by atoms with Gasteiger partial charge < -0.3 is 15.1 Å². The maximum absolute atomic E-state index is 13.1. The highest BCUT2D eigenvalue weighted by atomic mass is 35.5. The first-order valence-corrected chi connectivity index (χ1v) is 14.3. The molecular weight excluding hydrogens is 518 g/mol. The van der Waals surface area contributed by atoms with Gasteiger partial charge >= 0.3 is 6.03 Å². The summed E-state index contributed by atoms with van der Waals surface area (Å²) in [6.45, 7) is 7.92. The molecule has 0 aromatic heterocycles. The molecule has 1 saturated heterocycles. The molecule has 204 valence electrons. The first-order chi connectivity index (χ1) is 19.5. The summed E-state index contributed by atoms with van der Waals surface area (Å²) in [6, 6.07) is 24.7. The molecule has 3 aliphatic heterocycles. The van der Waals surface area contributed by atoms with E-state index in [-0.39, 0.29) is 18.1 Å². The Kier molecular flexibility index (Phi) is 7.46. The highest BCUT2D eigenvalue weighted by molar-refractivity contribution is 6.30. The average molecular weight is 552 g/mol. The van der Waals surface area contributed by atoms with Crippen LogP contribution in [0.4, 0.5) is 10.5 Å². The van der Waals surface area contributed by atoms with Gasteiger partial charge in [-0.05, 0) is 66.0 Å². The largest absolute Gasteiger partial charge is 0.326 e. The van der Waals surface area contributed by atoms with Crippen molar-refractivity contribution in [2.45, 2.75) is 25.9 Å². The standard InChI is InChI=1S/C33H34ClN5O/c1-23-7-6-8-24(2)31(23)36-33(40)38-19-17-37(18-20-38)22-29-32(26-11-14-28(34)15-12-26)35-30-16-13-27(21-39(29)30)25-9-4-3-5-10-25/h3-16,21,29,32H,17-20,22H2,1-2H3,(H,36,40). The van der Waals surface area contributed by atoms with Gasteiger partial charge in [0.1, 0.15) is 5.84 Å². The zero-order valence-electron chi connectivity index (χ0n) is 22.9. The second-order valence-corrected chi connectivity index (χ2v) is 11.2. The Hall–Kier alpha value is -3.87. The topological polar surface area (TPSA) is 51.2 Å². The molecule has 40 heavy (non-hydrogen) atoms. The fraction of sp³-hybridized carbons (Fsp3) is 0.273. The van der Waals surface area contributed by atoms with Crippen LogP contribution < -0.4 is 5.32 Å². The maximum Gasteiger partial charge on any atom is 0.321 e. The molecular formula is C33H34ClN5O. The van der Waals surface area contributed by atoms with Gasteiger partial charge in [-0.1, -0.05) is 72.3 Å². The van der Waals surface area contributed by atoms with E-state index in [0.29, 0.717) is 13.1 Å². The number of carbonyl (C=O) groups excluding carboxylic acids is 1. The predicted molar refractivity (Wildman–Crippen MR) is 164 cm³/mol. The summed E-state index contributed by atoms with van der Waals surface area (Å²) >= 11 is 6.21. The van der Waals surface area contributed by atoms with Gasteiger partial charge in [0.15, 0.2) is 0 Å². The molecule has 2 atom stereocenters. The summed E-state index contributed by atoms with van der Waals surface area (Å²) in [7, 11) is 0. The monoisotopic (exact) mass is 551 g/mol. The molecule has 1 N–H and O–H groups in total. The number of hydrogen-bond acceptors (Lipinski definition) is 4. The molecule has 6 rings (SSSR count). The summed E-state index contributed by atoms with van der Waals surface area (Å²) < 4.78 is 0. The van der Waals surface area contributed by atoms with Gasteiger partial charge in [0.05, 0.1) is 12.1 Å². The highest BCUT2D eigenvalue weighted by Gasteiger charge is 2.38. The number of para-hydroxylation sites is 1. The van der Waals surface area contributed by atoms with Crippen molar-refractivity contribution in [3.8, 4) is 0 Å². The zero-order chi connectivity index (χ0) is 27.6. The molecule has 0 aliphatic carbocycles. The normalized spacial score (nSPS) is 20.7. The van der Waals surface area contributed by atoms with Crippen LogP contribution in [0.1, 0.15) is 28.3 Å². The predicted octanol–water partition coefficient (Wildman–Crippen LogP) is 6.54. The lowest BCUT2D eigenvalue weighted by molar-refractivity contribution is 0.129. The van der Waals surface area contributed by atoms with Crippen molar-refractivity contribution >= 4 is 34.7 Å². The number of rotatable bonds is 5. The van der Waals surface area contributed by atoms with E-state index >= 15 is 0 Å². The molecule has 1 fully saturated rings. The van der Waals surface area contributed by atoms with Crippen LogP contribution in [0.2, 0.25) is 5.02 Å². The summed E-state index contributed by atoms with van der Waals surface area (Å²) in [5.74, 6) is 0.983. The zero-order valence-corrected chi connectivity index (χ0v) is 23.7. The van der Waals surface area contributed by atoms with Crippen molar-refractivity contribution in [1.29, 1.82) is 0 Å². The molecule has 6 nitrogen and oxygen atoms in total. The third kappa shape index (κ3) is 5.42. The fourth-order valence-corrected chi connectivity index (χ4v) is 5.93. The molecule has 0 radical (unpaired) electrons. The van der Waals surface area contributed by atoms with Crippen molar-refractivity contribution < 1.29 is 4.79 Å². The molecule has 0 saturated carbocycles. The van der Waals surface area contributed by atoms with E-state index in [0.717, 1.165) is 52.9 Å². The van der Waals surface area contributed by atoms with Crippen molar-refractivity contribution in [3.05, 3.63) is 118 Å². The SMILES string of the molecule is Cc1cccc(C)c1NC(=O)N1CCN(CC2C(c3ccc(Cl)cc3)N=C3C=CC(c4ccccc4)=CN32)CC1. The Balaban J connectivity index is 1.18. The fourth-order valence-electron chi connectivity index (χ4n) is 5.81. The minimum atomic E-state index is -0.0285.